The van der Waals surface area contributed by atoms with Gasteiger partial charge in [0, 0.05) is 23.4 Å². The number of hydrogen-bond acceptors (Lipinski definition) is 3. The van der Waals surface area contributed by atoms with Gasteiger partial charge in [-0.3, -0.25) is 0 Å². The van der Waals surface area contributed by atoms with Gasteiger partial charge < -0.3 is 9.84 Å². The molecule has 0 aliphatic carbocycles. The largest absolute Gasteiger partial charge is 0.380 e. The minimum Gasteiger partial charge on any atom is -0.380 e. The van der Waals surface area contributed by atoms with Crippen molar-refractivity contribution in [1.29, 1.82) is 0 Å². The van der Waals surface area contributed by atoms with Gasteiger partial charge in [-0.1, -0.05) is 11.2 Å². The van der Waals surface area contributed by atoms with Gasteiger partial charge in [0.15, 0.2) is 0 Å². The predicted octanol–water partition coefficient (Wildman–Crippen LogP) is 3.35. The maximum Gasteiger partial charge on any atom is 0.138 e. The summed E-state index contributed by atoms with van der Waals surface area (Å²) in [5.74, 6) is 0.595. The van der Waals surface area contributed by atoms with Crippen LogP contribution in [0.3, 0.4) is 0 Å². The first-order valence-corrected chi connectivity index (χ1v) is 5.50. The van der Waals surface area contributed by atoms with Crippen molar-refractivity contribution in [2.75, 3.05) is 5.32 Å². The average Bonchev–Trinajstić information content (AvgIpc) is 2.62. The number of rotatable bonds is 3. The molecule has 0 aliphatic rings. The molecule has 0 amide bonds. The Balaban J connectivity index is 2.15. The molecule has 0 spiro atoms. The van der Waals surface area contributed by atoms with E-state index in [0.717, 1.165) is 22.7 Å². The number of anilines is 1. The molecule has 2 aromatic rings. The number of halogens is 1. The fourth-order valence-electron chi connectivity index (χ4n) is 1.74. The van der Waals surface area contributed by atoms with Gasteiger partial charge in [-0.15, -0.1) is 0 Å². The molecule has 0 bridgehead atoms. The smallest absolute Gasteiger partial charge is 0.138 e. The monoisotopic (exact) mass is 234 g/mol. The van der Waals surface area contributed by atoms with Crippen molar-refractivity contribution < 1.29 is 8.91 Å². The van der Waals surface area contributed by atoms with Gasteiger partial charge in [-0.2, -0.15) is 0 Å². The normalized spacial score (nSPS) is 10.6. The lowest BCUT2D eigenvalue weighted by Crippen LogP contribution is -2.03. The fraction of sp³-hybridized carbons (Fsp3) is 0.308. The second-order valence-electron chi connectivity index (χ2n) is 4.07. The number of aromatic nitrogens is 1. The van der Waals surface area contributed by atoms with Gasteiger partial charge in [0.2, 0.25) is 0 Å². The Hall–Kier alpha value is -1.84. The van der Waals surface area contributed by atoms with Gasteiger partial charge in [-0.05, 0) is 32.9 Å². The molecule has 17 heavy (non-hydrogen) atoms. The maximum absolute atomic E-state index is 13.3. The minimum atomic E-state index is -0.200. The van der Waals surface area contributed by atoms with Gasteiger partial charge in [-0.25, -0.2) is 4.39 Å². The summed E-state index contributed by atoms with van der Waals surface area (Å²) in [6.45, 7) is 6.11. The van der Waals surface area contributed by atoms with Gasteiger partial charge in [0.1, 0.15) is 11.6 Å². The molecule has 1 N–H and O–H groups in total. The highest BCUT2D eigenvalue weighted by Crippen LogP contribution is 2.20. The average molecular weight is 234 g/mol. The number of hydrogen-bond donors (Lipinski definition) is 1. The molecule has 3 nitrogen and oxygen atoms in total. The Morgan fingerprint density at radius 1 is 1.29 bits per heavy atom. The summed E-state index contributed by atoms with van der Waals surface area (Å²) in [7, 11) is 0. The highest BCUT2D eigenvalue weighted by atomic mass is 19.1. The third kappa shape index (κ3) is 2.30. The highest BCUT2D eigenvalue weighted by Gasteiger charge is 2.09. The van der Waals surface area contributed by atoms with Gasteiger partial charge >= 0.3 is 0 Å². The standard InChI is InChI=1S/C13H15FN2O/c1-8-12(14)5-4-6-13(8)15-7-11-9(2)16-17-10(11)3/h4-6,15H,7H2,1-3H3. The summed E-state index contributed by atoms with van der Waals surface area (Å²) < 4.78 is 18.4. The second-order valence-corrected chi connectivity index (χ2v) is 4.07. The number of nitrogens with zero attached hydrogens (tertiary/aromatic N) is 1. The first kappa shape index (κ1) is 11.6. The molecule has 0 radical (unpaired) electrons. The summed E-state index contributed by atoms with van der Waals surface area (Å²) in [4.78, 5) is 0. The molecule has 2 rings (SSSR count). The van der Waals surface area contributed by atoms with Crippen molar-refractivity contribution in [3.8, 4) is 0 Å². The van der Waals surface area contributed by atoms with Crippen molar-refractivity contribution in [3.63, 3.8) is 0 Å². The molecule has 90 valence electrons. The number of aryl methyl sites for hydroxylation is 2. The molecule has 0 saturated heterocycles. The predicted molar refractivity (Wildman–Crippen MR) is 64.4 cm³/mol. The molecular weight excluding hydrogens is 219 g/mol. The lowest BCUT2D eigenvalue weighted by Gasteiger charge is -2.09. The van der Waals surface area contributed by atoms with Gasteiger partial charge in [0.05, 0.1) is 5.69 Å². The zero-order valence-electron chi connectivity index (χ0n) is 10.2. The second kappa shape index (κ2) is 4.57. The van der Waals surface area contributed by atoms with Crippen LogP contribution in [-0.4, -0.2) is 5.16 Å². The quantitative estimate of drug-likeness (QED) is 0.885. The minimum absolute atomic E-state index is 0.200. The topological polar surface area (TPSA) is 38.1 Å². The van der Waals surface area contributed by atoms with Crippen molar-refractivity contribution >= 4 is 5.69 Å². The van der Waals surface area contributed by atoms with E-state index < -0.39 is 0 Å². The van der Waals surface area contributed by atoms with Crippen molar-refractivity contribution in [1.82, 2.24) is 5.16 Å². The van der Waals surface area contributed by atoms with Gasteiger partial charge in [0.25, 0.3) is 0 Å². The molecule has 4 heteroatoms. The van der Waals surface area contributed by atoms with Crippen molar-refractivity contribution in [3.05, 3.63) is 46.6 Å². The summed E-state index contributed by atoms with van der Waals surface area (Å²) in [6.07, 6.45) is 0. The lowest BCUT2D eigenvalue weighted by molar-refractivity contribution is 0.392. The van der Waals surface area contributed by atoms with Crippen LogP contribution in [0.5, 0.6) is 0 Å². The lowest BCUT2D eigenvalue weighted by atomic mass is 10.1. The van der Waals surface area contributed by atoms with Crippen LogP contribution in [0, 0.1) is 26.6 Å². The Kier molecular flexibility index (Phi) is 3.13. The molecule has 0 fully saturated rings. The van der Waals surface area contributed by atoms with Crippen LogP contribution < -0.4 is 5.32 Å². The van der Waals surface area contributed by atoms with Crippen LogP contribution in [0.4, 0.5) is 10.1 Å². The molecule has 0 saturated carbocycles. The fourth-order valence-corrected chi connectivity index (χ4v) is 1.74. The van der Waals surface area contributed by atoms with E-state index in [1.165, 1.54) is 6.07 Å². The number of benzene rings is 1. The third-order valence-corrected chi connectivity index (χ3v) is 2.90. The zero-order chi connectivity index (χ0) is 12.4. The van der Waals surface area contributed by atoms with Crippen LogP contribution >= 0.6 is 0 Å². The van der Waals surface area contributed by atoms with Crippen LogP contribution in [-0.2, 0) is 6.54 Å². The Morgan fingerprint density at radius 2 is 2.06 bits per heavy atom. The molecule has 0 atom stereocenters. The first-order valence-electron chi connectivity index (χ1n) is 5.50. The zero-order valence-corrected chi connectivity index (χ0v) is 10.2. The van der Waals surface area contributed by atoms with E-state index >= 15 is 0 Å². The van der Waals surface area contributed by atoms with E-state index in [0.29, 0.717) is 12.1 Å². The van der Waals surface area contributed by atoms with E-state index in [-0.39, 0.29) is 5.82 Å². The van der Waals surface area contributed by atoms with E-state index in [9.17, 15) is 4.39 Å². The van der Waals surface area contributed by atoms with Crippen molar-refractivity contribution in [2.45, 2.75) is 27.3 Å². The number of nitrogens with one attached hydrogen (secondary N) is 1. The first-order chi connectivity index (χ1) is 8.09. The maximum atomic E-state index is 13.3. The highest BCUT2D eigenvalue weighted by molar-refractivity contribution is 5.51. The molecular formula is C13H15FN2O. The molecule has 1 heterocycles. The van der Waals surface area contributed by atoms with Crippen LogP contribution in [0.15, 0.2) is 22.7 Å². The Labute approximate surface area is 99.6 Å². The van der Waals surface area contributed by atoms with Crippen LogP contribution in [0.25, 0.3) is 0 Å². The Bertz CT molecular complexity index is 515. The van der Waals surface area contributed by atoms with E-state index in [4.69, 9.17) is 4.52 Å². The third-order valence-electron chi connectivity index (χ3n) is 2.90. The summed E-state index contributed by atoms with van der Waals surface area (Å²) >= 11 is 0. The van der Waals surface area contributed by atoms with Crippen LogP contribution in [0.1, 0.15) is 22.6 Å². The summed E-state index contributed by atoms with van der Waals surface area (Å²) in [5.41, 5.74) is 3.31. The van der Waals surface area contributed by atoms with Crippen molar-refractivity contribution in [2.24, 2.45) is 0 Å². The molecule has 1 aromatic heterocycles. The van der Waals surface area contributed by atoms with Crippen LogP contribution in [0.2, 0.25) is 0 Å². The van der Waals surface area contributed by atoms with E-state index in [2.05, 4.69) is 10.5 Å². The van der Waals surface area contributed by atoms with E-state index in [1.807, 2.05) is 19.9 Å². The summed E-state index contributed by atoms with van der Waals surface area (Å²) in [6, 6.07) is 5.00. The Morgan fingerprint density at radius 3 is 2.71 bits per heavy atom. The molecule has 0 aliphatic heterocycles. The molecule has 1 aromatic carbocycles. The molecule has 0 unspecified atom stereocenters. The summed E-state index contributed by atoms with van der Waals surface area (Å²) in [5, 5.41) is 7.08. The SMILES string of the molecule is Cc1noc(C)c1CNc1cccc(F)c1C. The van der Waals surface area contributed by atoms with E-state index in [1.54, 1.807) is 13.0 Å².